The Morgan fingerprint density at radius 2 is 1.93 bits per heavy atom. The van der Waals surface area contributed by atoms with E-state index in [1.165, 1.54) is 11.1 Å². The first-order valence-corrected chi connectivity index (χ1v) is 5.70. The number of hydrogen-bond acceptors (Lipinski definition) is 2. The lowest BCUT2D eigenvalue weighted by atomic mass is 10.1. The molecule has 82 valence electrons. The van der Waals surface area contributed by atoms with Crippen LogP contribution in [0.5, 0.6) is 0 Å². The summed E-state index contributed by atoms with van der Waals surface area (Å²) < 4.78 is 0. The van der Waals surface area contributed by atoms with Gasteiger partial charge in [0, 0.05) is 19.2 Å². The van der Waals surface area contributed by atoms with Gasteiger partial charge in [0.05, 0.1) is 0 Å². The fourth-order valence-corrected chi connectivity index (χ4v) is 2.14. The van der Waals surface area contributed by atoms with Gasteiger partial charge >= 0.3 is 0 Å². The molecule has 1 unspecified atom stereocenters. The highest BCUT2D eigenvalue weighted by atomic mass is 16.3. The third kappa shape index (κ3) is 2.58. The summed E-state index contributed by atoms with van der Waals surface area (Å²) in [4.78, 5) is 0. The molecule has 2 N–H and O–H groups in total. The fraction of sp³-hybridized carbons (Fsp3) is 0.538. The van der Waals surface area contributed by atoms with Crippen molar-refractivity contribution in [3.05, 3.63) is 35.4 Å². The minimum absolute atomic E-state index is 0.271. The Kier molecular flexibility index (Phi) is 3.39. The Hall–Kier alpha value is -0.860. The van der Waals surface area contributed by atoms with E-state index >= 15 is 0 Å². The van der Waals surface area contributed by atoms with Crippen molar-refractivity contribution >= 4 is 0 Å². The molecule has 2 heteroatoms. The average molecular weight is 205 g/mol. The van der Waals surface area contributed by atoms with Gasteiger partial charge in [-0.25, -0.2) is 0 Å². The second kappa shape index (κ2) is 4.77. The van der Waals surface area contributed by atoms with Gasteiger partial charge in [0.25, 0.3) is 0 Å². The zero-order chi connectivity index (χ0) is 10.7. The first-order chi connectivity index (χ1) is 7.29. The minimum atomic E-state index is 0.271. The zero-order valence-electron chi connectivity index (χ0n) is 9.24. The predicted molar refractivity (Wildman–Crippen MR) is 61.9 cm³/mol. The molecule has 2 nitrogen and oxygen atoms in total. The highest BCUT2D eigenvalue weighted by Gasteiger charge is 2.20. The largest absolute Gasteiger partial charge is 0.396 e. The molecule has 0 bridgehead atoms. The van der Waals surface area contributed by atoms with Crippen molar-refractivity contribution in [1.82, 2.24) is 5.32 Å². The molecule has 0 saturated heterocycles. The van der Waals surface area contributed by atoms with Crippen LogP contribution in [-0.2, 0) is 12.8 Å². The number of fused-ring (bicyclic) bond motifs is 1. The molecular weight excluding hydrogens is 186 g/mol. The molecule has 1 aliphatic carbocycles. The molecular formula is C13H19NO. The third-order valence-electron chi connectivity index (χ3n) is 3.12. The maximum Gasteiger partial charge on any atom is 0.0468 e. The van der Waals surface area contributed by atoms with Gasteiger partial charge in [-0.3, -0.25) is 0 Å². The van der Waals surface area contributed by atoms with Crippen molar-refractivity contribution in [2.24, 2.45) is 5.92 Å². The van der Waals surface area contributed by atoms with E-state index in [4.69, 9.17) is 5.11 Å². The number of rotatable bonds is 4. The maximum atomic E-state index is 8.94. The second-order valence-electron chi connectivity index (χ2n) is 4.57. The maximum absolute atomic E-state index is 8.94. The Balaban J connectivity index is 1.85. The van der Waals surface area contributed by atoms with Crippen molar-refractivity contribution < 1.29 is 5.11 Å². The molecule has 0 aliphatic heterocycles. The van der Waals surface area contributed by atoms with E-state index in [0.717, 1.165) is 19.4 Å². The van der Waals surface area contributed by atoms with E-state index in [9.17, 15) is 0 Å². The summed E-state index contributed by atoms with van der Waals surface area (Å²) in [7, 11) is 0. The van der Waals surface area contributed by atoms with E-state index in [-0.39, 0.29) is 6.61 Å². The van der Waals surface area contributed by atoms with Crippen LogP contribution >= 0.6 is 0 Å². The highest BCUT2D eigenvalue weighted by molar-refractivity contribution is 5.33. The molecule has 0 heterocycles. The highest BCUT2D eigenvalue weighted by Crippen LogP contribution is 2.21. The van der Waals surface area contributed by atoms with E-state index in [0.29, 0.717) is 12.0 Å². The van der Waals surface area contributed by atoms with Crippen LogP contribution in [0.25, 0.3) is 0 Å². The summed E-state index contributed by atoms with van der Waals surface area (Å²) in [5.41, 5.74) is 2.96. The second-order valence-corrected chi connectivity index (χ2v) is 4.57. The van der Waals surface area contributed by atoms with Crippen LogP contribution in [0.1, 0.15) is 18.1 Å². The molecule has 0 amide bonds. The smallest absolute Gasteiger partial charge is 0.0468 e. The summed E-state index contributed by atoms with van der Waals surface area (Å²) in [6.07, 6.45) is 2.27. The van der Waals surface area contributed by atoms with Gasteiger partial charge < -0.3 is 10.4 Å². The summed E-state index contributed by atoms with van der Waals surface area (Å²) in [6, 6.07) is 9.21. The van der Waals surface area contributed by atoms with Crippen LogP contribution in [0, 0.1) is 5.92 Å². The average Bonchev–Trinajstić information content (AvgIpc) is 2.68. The Morgan fingerprint density at radius 3 is 2.47 bits per heavy atom. The van der Waals surface area contributed by atoms with Gasteiger partial charge in [-0.1, -0.05) is 31.2 Å². The lowest BCUT2D eigenvalue weighted by Crippen LogP contribution is -2.34. The molecule has 0 saturated carbocycles. The number of nitrogens with one attached hydrogen (secondary N) is 1. The van der Waals surface area contributed by atoms with Crippen molar-refractivity contribution in [2.75, 3.05) is 13.2 Å². The molecule has 1 aromatic rings. The van der Waals surface area contributed by atoms with Crippen LogP contribution in [0.4, 0.5) is 0 Å². The van der Waals surface area contributed by atoms with Crippen LogP contribution in [0.3, 0.4) is 0 Å². The fourth-order valence-electron chi connectivity index (χ4n) is 2.14. The van der Waals surface area contributed by atoms with Gasteiger partial charge in [-0.2, -0.15) is 0 Å². The Labute approximate surface area is 91.3 Å². The normalized spacial score (nSPS) is 17.7. The zero-order valence-corrected chi connectivity index (χ0v) is 9.24. The van der Waals surface area contributed by atoms with Crippen molar-refractivity contribution in [1.29, 1.82) is 0 Å². The van der Waals surface area contributed by atoms with E-state index in [1.807, 2.05) is 0 Å². The first kappa shape index (κ1) is 10.7. The standard InChI is InChI=1S/C13H19NO/c1-10(9-15)8-14-13-6-11-4-2-3-5-12(11)7-13/h2-5,10,13-15H,6-9H2,1H3. The Morgan fingerprint density at radius 1 is 1.33 bits per heavy atom. The molecule has 15 heavy (non-hydrogen) atoms. The van der Waals surface area contributed by atoms with E-state index in [1.54, 1.807) is 0 Å². The quantitative estimate of drug-likeness (QED) is 0.778. The van der Waals surface area contributed by atoms with Crippen molar-refractivity contribution in [2.45, 2.75) is 25.8 Å². The van der Waals surface area contributed by atoms with Gasteiger partial charge in [-0.15, -0.1) is 0 Å². The van der Waals surface area contributed by atoms with Gasteiger partial charge in [0.1, 0.15) is 0 Å². The molecule has 2 rings (SSSR count). The Bertz CT molecular complexity index is 299. The molecule has 0 aromatic heterocycles. The van der Waals surface area contributed by atoms with Crippen LogP contribution < -0.4 is 5.32 Å². The number of hydrogen-bond donors (Lipinski definition) is 2. The molecule has 0 spiro atoms. The SMILES string of the molecule is CC(CO)CNC1Cc2ccccc2C1. The lowest BCUT2D eigenvalue weighted by Gasteiger charge is -2.14. The summed E-state index contributed by atoms with van der Waals surface area (Å²) in [6.45, 7) is 3.25. The number of aliphatic hydroxyl groups is 1. The van der Waals surface area contributed by atoms with Crippen LogP contribution in [0.15, 0.2) is 24.3 Å². The van der Waals surface area contributed by atoms with Crippen molar-refractivity contribution in [3.63, 3.8) is 0 Å². The monoisotopic (exact) mass is 205 g/mol. The third-order valence-corrected chi connectivity index (χ3v) is 3.12. The minimum Gasteiger partial charge on any atom is -0.396 e. The van der Waals surface area contributed by atoms with Gasteiger partial charge in [0.15, 0.2) is 0 Å². The summed E-state index contributed by atoms with van der Waals surface area (Å²) in [5, 5.41) is 12.5. The predicted octanol–water partition coefficient (Wildman–Crippen LogP) is 1.37. The van der Waals surface area contributed by atoms with Gasteiger partial charge in [-0.05, 0) is 29.9 Å². The number of benzene rings is 1. The molecule has 0 radical (unpaired) electrons. The topological polar surface area (TPSA) is 32.3 Å². The van der Waals surface area contributed by atoms with Gasteiger partial charge in [0.2, 0.25) is 0 Å². The summed E-state index contributed by atoms with van der Waals surface area (Å²) >= 11 is 0. The lowest BCUT2D eigenvalue weighted by molar-refractivity contribution is 0.230. The molecule has 1 aliphatic rings. The van der Waals surface area contributed by atoms with E-state index < -0.39 is 0 Å². The van der Waals surface area contributed by atoms with E-state index in [2.05, 4.69) is 36.5 Å². The molecule has 1 atom stereocenters. The van der Waals surface area contributed by atoms with Crippen molar-refractivity contribution in [3.8, 4) is 0 Å². The van der Waals surface area contributed by atoms with Crippen LogP contribution in [-0.4, -0.2) is 24.3 Å². The first-order valence-electron chi connectivity index (χ1n) is 5.70. The summed E-state index contributed by atoms with van der Waals surface area (Å²) in [5.74, 6) is 0.355. The molecule has 1 aromatic carbocycles. The number of aliphatic hydroxyl groups excluding tert-OH is 1. The van der Waals surface area contributed by atoms with Crippen LogP contribution in [0.2, 0.25) is 0 Å². The molecule has 0 fully saturated rings.